The second-order valence-electron chi connectivity index (χ2n) is 4.38. The van der Waals surface area contributed by atoms with E-state index in [1.54, 1.807) is 12.2 Å². The first-order chi connectivity index (χ1) is 8.11. The van der Waals surface area contributed by atoms with Gasteiger partial charge in [0.1, 0.15) is 0 Å². The molecule has 1 aliphatic carbocycles. The van der Waals surface area contributed by atoms with Gasteiger partial charge in [-0.1, -0.05) is 50.3 Å². The molecule has 2 nitrogen and oxygen atoms in total. The molecule has 1 aromatic rings. The van der Waals surface area contributed by atoms with Crippen molar-refractivity contribution in [3.05, 3.63) is 53.6 Å². The molecule has 0 spiro atoms. The average Bonchev–Trinajstić information content (AvgIpc) is 2.33. The van der Waals surface area contributed by atoms with E-state index < -0.39 is 5.78 Å². The molecule has 17 heavy (non-hydrogen) atoms. The Bertz CT molecular complexity index is 519. The minimum atomic E-state index is -0.401. The van der Waals surface area contributed by atoms with Gasteiger partial charge in [0.15, 0.2) is 0 Å². The predicted molar refractivity (Wildman–Crippen MR) is 67.4 cm³/mol. The first-order valence-electron chi connectivity index (χ1n) is 5.67. The number of benzene rings is 1. The van der Waals surface area contributed by atoms with Gasteiger partial charge in [-0.2, -0.15) is 0 Å². The highest BCUT2D eigenvalue weighted by atomic mass is 16.2. The van der Waals surface area contributed by atoms with Gasteiger partial charge in [-0.3, -0.25) is 9.59 Å². The van der Waals surface area contributed by atoms with Crippen LogP contribution in [-0.4, -0.2) is 11.6 Å². The lowest BCUT2D eigenvalue weighted by Crippen LogP contribution is -2.23. The minimum Gasteiger partial charge on any atom is -0.285 e. The highest BCUT2D eigenvalue weighted by molar-refractivity contribution is 6.59. The third-order valence-corrected chi connectivity index (χ3v) is 2.85. The molecule has 0 radical (unpaired) electrons. The molecule has 0 fully saturated rings. The van der Waals surface area contributed by atoms with Crippen LogP contribution in [0.5, 0.6) is 0 Å². The van der Waals surface area contributed by atoms with Crippen molar-refractivity contribution in [1.29, 1.82) is 0 Å². The number of carbonyl (C=O) groups is 2. The van der Waals surface area contributed by atoms with Crippen LogP contribution in [0, 0.1) is 5.92 Å². The summed E-state index contributed by atoms with van der Waals surface area (Å²) in [5.74, 6) is -0.691. The van der Waals surface area contributed by atoms with Gasteiger partial charge in [0.2, 0.25) is 11.6 Å². The fourth-order valence-corrected chi connectivity index (χ4v) is 1.88. The van der Waals surface area contributed by atoms with Crippen molar-refractivity contribution >= 4 is 17.1 Å². The standard InChI is InChI=1S/C15H14O2/c1-10(2)12-8-9-13(15(17)14(12)16)11-6-4-3-5-7-11/h3-10H,1-2H3. The average molecular weight is 226 g/mol. The third kappa shape index (κ3) is 2.11. The molecule has 1 aromatic carbocycles. The van der Waals surface area contributed by atoms with Crippen LogP contribution in [0.15, 0.2) is 48.1 Å². The fraction of sp³-hybridized carbons (Fsp3) is 0.200. The largest absolute Gasteiger partial charge is 0.285 e. The Morgan fingerprint density at radius 2 is 1.53 bits per heavy atom. The van der Waals surface area contributed by atoms with Crippen molar-refractivity contribution in [2.45, 2.75) is 13.8 Å². The monoisotopic (exact) mass is 226 g/mol. The molecule has 2 heteroatoms. The molecule has 0 atom stereocenters. The van der Waals surface area contributed by atoms with E-state index in [4.69, 9.17) is 0 Å². The summed E-state index contributed by atoms with van der Waals surface area (Å²) in [6, 6.07) is 9.27. The van der Waals surface area contributed by atoms with Crippen molar-refractivity contribution < 1.29 is 9.59 Å². The molecule has 0 heterocycles. The van der Waals surface area contributed by atoms with Crippen molar-refractivity contribution in [3.8, 4) is 0 Å². The van der Waals surface area contributed by atoms with Crippen molar-refractivity contribution in [2.24, 2.45) is 5.92 Å². The number of Topliss-reactive ketones (excluding diaryl/α,β-unsaturated/α-hetero) is 2. The van der Waals surface area contributed by atoms with Crippen LogP contribution >= 0.6 is 0 Å². The summed E-state index contributed by atoms with van der Waals surface area (Å²) in [6.07, 6.45) is 3.51. The lowest BCUT2D eigenvalue weighted by atomic mass is 9.86. The minimum absolute atomic E-state index is 0.0834. The molecule has 0 N–H and O–H groups in total. The Hall–Kier alpha value is -1.96. The molecule has 2 rings (SSSR count). The molecule has 0 bridgehead atoms. The molecular formula is C15H14O2. The predicted octanol–water partition coefficient (Wildman–Crippen LogP) is 2.80. The quantitative estimate of drug-likeness (QED) is 0.574. The van der Waals surface area contributed by atoms with Crippen LogP contribution in [0.3, 0.4) is 0 Å². The molecule has 0 unspecified atom stereocenters. The number of rotatable bonds is 2. The fourth-order valence-electron chi connectivity index (χ4n) is 1.88. The Morgan fingerprint density at radius 1 is 0.882 bits per heavy atom. The van der Waals surface area contributed by atoms with Crippen molar-refractivity contribution in [2.75, 3.05) is 0 Å². The lowest BCUT2D eigenvalue weighted by molar-refractivity contribution is -0.131. The van der Waals surface area contributed by atoms with Crippen molar-refractivity contribution in [1.82, 2.24) is 0 Å². The SMILES string of the molecule is CC(C)C1=CC=C(c2ccccc2)C(=O)C1=O. The number of hydrogen-bond donors (Lipinski definition) is 0. The summed E-state index contributed by atoms with van der Waals surface area (Å²) in [6.45, 7) is 3.83. The first kappa shape index (κ1) is 11.5. The smallest absolute Gasteiger partial charge is 0.233 e. The maximum Gasteiger partial charge on any atom is 0.233 e. The number of hydrogen-bond acceptors (Lipinski definition) is 2. The van der Waals surface area contributed by atoms with E-state index in [1.807, 2.05) is 44.2 Å². The number of carbonyl (C=O) groups excluding carboxylic acids is 2. The Kier molecular flexibility index (Phi) is 3.05. The van der Waals surface area contributed by atoms with E-state index >= 15 is 0 Å². The van der Waals surface area contributed by atoms with Gasteiger partial charge in [0.05, 0.1) is 0 Å². The van der Waals surface area contributed by atoms with Gasteiger partial charge in [-0.25, -0.2) is 0 Å². The Balaban J connectivity index is 2.45. The van der Waals surface area contributed by atoms with E-state index in [0.717, 1.165) is 5.56 Å². The highest BCUT2D eigenvalue weighted by Crippen LogP contribution is 2.24. The number of allylic oxidation sites excluding steroid dienone is 4. The zero-order valence-corrected chi connectivity index (χ0v) is 9.94. The van der Waals surface area contributed by atoms with Gasteiger partial charge < -0.3 is 0 Å². The summed E-state index contributed by atoms with van der Waals surface area (Å²) < 4.78 is 0. The summed E-state index contributed by atoms with van der Waals surface area (Å²) >= 11 is 0. The number of ketones is 2. The third-order valence-electron chi connectivity index (χ3n) is 2.85. The van der Waals surface area contributed by atoms with Crippen LogP contribution in [0.25, 0.3) is 5.57 Å². The van der Waals surface area contributed by atoms with Gasteiger partial charge in [0.25, 0.3) is 0 Å². The van der Waals surface area contributed by atoms with Crippen LogP contribution in [0.2, 0.25) is 0 Å². The van der Waals surface area contributed by atoms with Crippen LogP contribution in [-0.2, 0) is 9.59 Å². The van der Waals surface area contributed by atoms with Crippen LogP contribution < -0.4 is 0 Å². The van der Waals surface area contributed by atoms with Gasteiger partial charge in [-0.15, -0.1) is 0 Å². The second-order valence-corrected chi connectivity index (χ2v) is 4.38. The zero-order chi connectivity index (χ0) is 12.4. The molecule has 0 aromatic heterocycles. The second kappa shape index (κ2) is 4.50. The molecule has 0 aliphatic heterocycles. The van der Waals surface area contributed by atoms with E-state index in [0.29, 0.717) is 11.1 Å². The van der Waals surface area contributed by atoms with Gasteiger partial charge in [0, 0.05) is 11.1 Å². The summed E-state index contributed by atoms with van der Waals surface area (Å²) in [5.41, 5.74) is 1.87. The van der Waals surface area contributed by atoms with E-state index in [-0.39, 0.29) is 11.7 Å². The van der Waals surface area contributed by atoms with E-state index in [9.17, 15) is 9.59 Å². The molecule has 0 amide bonds. The first-order valence-corrected chi connectivity index (χ1v) is 5.67. The Labute approximate surface area is 101 Å². The van der Waals surface area contributed by atoms with Gasteiger partial charge in [-0.05, 0) is 17.6 Å². The normalized spacial score (nSPS) is 15.9. The maximum atomic E-state index is 12.0. The lowest BCUT2D eigenvalue weighted by Gasteiger charge is -2.15. The summed E-state index contributed by atoms with van der Waals surface area (Å²) in [4.78, 5) is 23.9. The molecule has 1 aliphatic rings. The van der Waals surface area contributed by atoms with Crippen LogP contribution in [0.4, 0.5) is 0 Å². The van der Waals surface area contributed by atoms with Gasteiger partial charge >= 0.3 is 0 Å². The Morgan fingerprint density at radius 3 is 2.12 bits per heavy atom. The van der Waals surface area contributed by atoms with E-state index in [2.05, 4.69) is 0 Å². The van der Waals surface area contributed by atoms with Crippen LogP contribution in [0.1, 0.15) is 19.4 Å². The van der Waals surface area contributed by atoms with E-state index in [1.165, 1.54) is 0 Å². The van der Waals surface area contributed by atoms with Crippen molar-refractivity contribution in [3.63, 3.8) is 0 Å². The summed E-state index contributed by atoms with van der Waals surface area (Å²) in [5, 5.41) is 0. The molecular weight excluding hydrogens is 212 g/mol. The highest BCUT2D eigenvalue weighted by Gasteiger charge is 2.27. The zero-order valence-electron chi connectivity index (χ0n) is 9.94. The molecule has 0 saturated carbocycles. The maximum absolute atomic E-state index is 12.0. The topological polar surface area (TPSA) is 34.1 Å². The molecule has 86 valence electrons. The summed E-state index contributed by atoms with van der Waals surface area (Å²) in [7, 11) is 0. The molecule has 0 saturated heterocycles.